The highest BCUT2D eigenvalue weighted by Crippen LogP contribution is 2.34. The molecule has 4 nitrogen and oxygen atoms in total. The van der Waals surface area contributed by atoms with Crippen molar-refractivity contribution in [1.29, 1.82) is 0 Å². The third-order valence-electron chi connectivity index (χ3n) is 3.96. The van der Waals surface area contributed by atoms with Gasteiger partial charge in [-0.15, -0.1) is 0 Å². The average molecular weight is 273 g/mol. The maximum atomic E-state index is 9.86. The van der Waals surface area contributed by atoms with E-state index < -0.39 is 6.10 Å². The van der Waals surface area contributed by atoms with Crippen molar-refractivity contribution in [3.05, 3.63) is 0 Å². The van der Waals surface area contributed by atoms with Crippen LogP contribution in [0.3, 0.4) is 0 Å². The zero-order valence-electron chi connectivity index (χ0n) is 12.6. The summed E-state index contributed by atoms with van der Waals surface area (Å²) in [6.07, 6.45) is 6.05. The van der Waals surface area contributed by atoms with Crippen LogP contribution in [0.15, 0.2) is 0 Å². The van der Waals surface area contributed by atoms with Gasteiger partial charge < -0.3 is 20.3 Å². The molecule has 0 bridgehead atoms. The van der Waals surface area contributed by atoms with Crippen LogP contribution in [0, 0.1) is 5.92 Å². The lowest BCUT2D eigenvalue weighted by Crippen LogP contribution is -2.46. The predicted molar refractivity (Wildman–Crippen MR) is 77.1 cm³/mol. The van der Waals surface area contributed by atoms with E-state index in [4.69, 9.17) is 15.2 Å². The highest BCUT2D eigenvalue weighted by atomic mass is 16.5. The van der Waals surface area contributed by atoms with Crippen LogP contribution < -0.4 is 5.73 Å². The second kappa shape index (κ2) is 8.90. The SMILES string of the molecule is CCCCOCC(O)COC1(CN)CCCC(C)C1. The van der Waals surface area contributed by atoms with Crippen molar-refractivity contribution in [2.45, 2.75) is 64.1 Å². The molecule has 0 aliphatic heterocycles. The Morgan fingerprint density at radius 2 is 2.21 bits per heavy atom. The fourth-order valence-corrected chi connectivity index (χ4v) is 2.77. The van der Waals surface area contributed by atoms with E-state index in [2.05, 4.69) is 13.8 Å². The molecule has 1 saturated carbocycles. The molecule has 1 fully saturated rings. The van der Waals surface area contributed by atoms with E-state index in [-0.39, 0.29) is 5.60 Å². The van der Waals surface area contributed by atoms with Crippen LogP contribution in [-0.2, 0) is 9.47 Å². The van der Waals surface area contributed by atoms with Crippen LogP contribution in [0.1, 0.15) is 52.4 Å². The average Bonchev–Trinajstić information content (AvgIpc) is 2.41. The molecule has 3 atom stereocenters. The summed E-state index contributed by atoms with van der Waals surface area (Å²) in [5, 5.41) is 9.86. The largest absolute Gasteiger partial charge is 0.388 e. The quantitative estimate of drug-likeness (QED) is 0.631. The van der Waals surface area contributed by atoms with Crippen molar-refractivity contribution in [2.75, 3.05) is 26.4 Å². The molecule has 0 heterocycles. The van der Waals surface area contributed by atoms with Gasteiger partial charge >= 0.3 is 0 Å². The molecule has 0 spiro atoms. The third-order valence-corrected chi connectivity index (χ3v) is 3.96. The summed E-state index contributed by atoms with van der Waals surface area (Å²) in [5.41, 5.74) is 5.67. The standard InChI is InChI=1S/C15H31NO3/c1-3-4-8-18-10-14(17)11-19-15(12-16)7-5-6-13(2)9-15/h13-14,17H,3-12,16H2,1-2H3. The summed E-state index contributed by atoms with van der Waals surface area (Å²) < 4.78 is 11.4. The van der Waals surface area contributed by atoms with E-state index in [1.807, 2.05) is 0 Å². The van der Waals surface area contributed by atoms with Gasteiger partial charge in [0.1, 0.15) is 6.10 Å². The highest BCUT2D eigenvalue weighted by Gasteiger charge is 2.35. The molecule has 19 heavy (non-hydrogen) atoms. The van der Waals surface area contributed by atoms with Crippen LogP contribution >= 0.6 is 0 Å². The van der Waals surface area contributed by atoms with Gasteiger partial charge in [-0.05, 0) is 25.2 Å². The van der Waals surface area contributed by atoms with Gasteiger partial charge in [-0.2, -0.15) is 0 Å². The van der Waals surface area contributed by atoms with Gasteiger partial charge in [-0.25, -0.2) is 0 Å². The lowest BCUT2D eigenvalue weighted by Gasteiger charge is -2.39. The van der Waals surface area contributed by atoms with E-state index in [9.17, 15) is 5.11 Å². The summed E-state index contributed by atoms with van der Waals surface area (Å²) in [6.45, 7) is 6.31. The smallest absolute Gasteiger partial charge is 0.101 e. The van der Waals surface area contributed by atoms with E-state index >= 15 is 0 Å². The molecule has 0 amide bonds. The van der Waals surface area contributed by atoms with Crippen LogP contribution in [-0.4, -0.2) is 43.2 Å². The maximum Gasteiger partial charge on any atom is 0.101 e. The first-order chi connectivity index (χ1) is 9.12. The number of aliphatic hydroxyl groups excluding tert-OH is 1. The Hall–Kier alpha value is -0.160. The molecule has 3 N–H and O–H groups in total. The minimum atomic E-state index is -0.544. The lowest BCUT2D eigenvalue weighted by molar-refractivity contribution is -0.113. The summed E-state index contributed by atoms with van der Waals surface area (Å²) in [5.74, 6) is 0.662. The lowest BCUT2D eigenvalue weighted by atomic mass is 9.79. The summed E-state index contributed by atoms with van der Waals surface area (Å²) in [4.78, 5) is 0. The van der Waals surface area contributed by atoms with Crippen LogP contribution in [0.4, 0.5) is 0 Å². The number of hydrogen-bond donors (Lipinski definition) is 2. The zero-order valence-corrected chi connectivity index (χ0v) is 12.6. The number of hydrogen-bond acceptors (Lipinski definition) is 4. The second-order valence-electron chi connectivity index (χ2n) is 5.98. The van der Waals surface area contributed by atoms with E-state index in [1.165, 1.54) is 12.8 Å². The Morgan fingerprint density at radius 3 is 2.84 bits per heavy atom. The molecule has 1 rings (SSSR count). The minimum absolute atomic E-state index is 0.220. The number of ether oxygens (including phenoxy) is 2. The van der Waals surface area contributed by atoms with Gasteiger partial charge in [-0.1, -0.05) is 33.1 Å². The Balaban J connectivity index is 2.24. The van der Waals surface area contributed by atoms with Gasteiger partial charge in [0.05, 0.1) is 18.8 Å². The van der Waals surface area contributed by atoms with Crippen LogP contribution in [0.2, 0.25) is 0 Å². The first-order valence-corrected chi connectivity index (χ1v) is 7.71. The van der Waals surface area contributed by atoms with Crippen molar-refractivity contribution in [3.8, 4) is 0 Å². The number of rotatable bonds is 9. The van der Waals surface area contributed by atoms with Crippen molar-refractivity contribution < 1.29 is 14.6 Å². The topological polar surface area (TPSA) is 64.7 Å². The molecule has 0 aromatic heterocycles. The normalized spacial score (nSPS) is 29.4. The monoisotopic (exact) mass is 273 g/mol. The summed E-state index contributed by atoms with van der Waals surface area (Å²) in [6, 6.07) is 0. The minimum Gasteiger partial charge on any atom is -0.388 e. The van der Waals surface area contributed by atoms with Crippen LogP contribution in [0.5, 0.6) is 0 Å². The first-order valence-electron chi connectivity index (χ1n) is 7.71. The van der Waals surface area contributed by atoms with E-state index in [0.29, 0.717) is 32.3 Å². The Morgan fingerprint density at radius 1 is 1.42 bits per heavy atom. The third kappa shape index (κ3) is 6.21. The molecule has 0 aromatic rings. The molecular formula is C15H31NO3. The Bertz CT molecular complexity index is 237. The second-order valence-corrected chi connectivity index (χ2v) is 5.98. The van der Waals surface area contributed by atoms with Gasteiger partial charge in [0.2, 0.25) is 0 Å². The predicted octanol–water partition coefficient (Wildman–Crippen LogP) is 2.09. The number of nitrogens with two attached hydrogens (primary N) is 1. The zero-order chi connectivity index (χ0) is 14.1. The van der Waals surface area contributed by atoms with Gasteiger partial charge in [0.15, 0.2) is 0 Å². The molecule has 0 radical (unpaired) electrons. The van der Waals surface area contributed by atoms with E-state index in [0.717, 1.165) is 25.7 Å². The van der Waals surface area contributed by atoms with Gasteiger partial charge in [-0.3, -0.25) is 0 Å². The molecule has 0 saturated heterocycles. The molecule has 3 unspecified atom stereocenters. The van der Waals surface area contributed by atoms with Crippen LogP contribution in [0.25, 0.3) is 0 Å². The van der Waals surface area contributed by atoms with Crippen molar-refractivity contribution >= 4 is 0 Å². The molecule has 1 aliphatic rings. The van der Waals surface area contributed by atoms with Crippen molar-refractivity contribution in [1.82, 2.24) is 0 Å². The van der Waals surface area contributed by atoms with Gasteiger partial charge in [0.25, 0.3) is 0 Å². The number of unbranched alkanes of at least 4 members (excludes halogenated alkanes) is 1. The maximum absolute atomic E-state index is 9.86. The number of aliphatic hydroxyl groups is 1. The molecule has 1 aliphatic carbocycles. The molecular weight excluding hydrogens is 242 g/mol. The molecule has 4 heteroatoms. The molecule has 114 valence electrons. The summed E-state index contributed by atoms with van der Waals surface area (Å²) in [7, 11) is 0. The molecule has 0 aromatic carbocycles. The van der Waals surface area contributed by atoms with Gasteiger partial charge in [0, 0.05) is 13.2 Å². The fraction of sp³-hybridized carbons (Fsp3) is 1.00. The fourth-order valence-electron chi connectivity index (χ4n) is 2.77. The highest BCUT2D eigenvalue weighted by molar-refractivity contribution is 4.88. The van der Waals surface area contributed by atoms with E-state index in [1.54, 1.807) is 0 Å². The van der Waals surface area contributed by atoms with Crippen molar-refractivity contribution in [2.24, 2.45) is 11.7 Å². The Kier molecular flexibility index (Phi) is 7.91. The first kappa shape index (κ1) is 16.9. The van der Waals surface area contributed by atoms with Crippen molar-refractivity contribution in [3.63, 3.8) is 0 Å². The summed E-state index contributed by atoms with van der Waals surface area (Å²) >= 11 is 0. The Labute approximate surface area is 117 Å².